The monoisotopic (exact) mass is 370 g/mol. The summed E-state index contributed by atoms with van der Waals surface area (Å²) >= 11 is 1.50. The van der Waals surface area contributed by atoms with Crippen LogP contribution >= 0.6 is 19.4 Å². The smallest absolute Gasteiger partial charge is 0.369 e. The second-order valence-corrected chi connectivity index (χ2v) is 15.2. The maximum atomic E-state index is 12.7. The molecule has 2 unspecified atom stereocenters. The number of thioether (sulfide) groups is 1. The molecule has 5 nitrogen and oxygen atoms in total. The Labute approximate surface area is 140 Å². The van der Waals surface area contributed by atoms with Gasteiger partial charge in [-0.1, -0.05) is 20.8 Å². The average molecular weight is 371 g/mol. The van der Waals surface area contributed by atoms with Crippen LogP contribution in [0.2, 0.25) is 18.1 Å². The lowest BCUT2D eigenvalue weighted by molar-refractivity contribution is 0.0424. The second kappa shape index (κ2) is 8.14. The molecule has 8 heteroatoms. The highest BCUT2D eigenvalue weighted by molar-refractivity contribution is 8.05. The fourth-order valence-electron chi connectivity index (χ4n) is 1.72. The molecule has 2 atom stereocenters. The normalized spacial score (nSPS) is 24.0. The van der Waals surface area contributed by atoms with Gasteiger partial charge in [0, 0.05) is 5.75 Å². The van der Waals surface area contributed by atoms with Crippen LogP contribution in [0.25, 0.3) is 0 Å². The second-order valence-electron chi connectivity index (χ2n) is 6.85. The first-order chi connectivity index (χ1) is 10.1. The Hall–Kier alpha value is 0.637. The summed E-state index contributed by atoms with van der Waals surface area (Å²) in [6.07, 6.45) is -0.0571. The summed E-state index contributed by atoms with van der Waals surface area (Å²) < 4.78 is 35.5. The first-order valence-corrected chi connectivity index (χ1v) is 13.4. The minimum Gasteiger partial charge on any atom is -0.414 e. The summed E-state index contributed by atoms with van der Waals surface area (Å²) in [6.45, 7) is 15.9. The molecule has 1 saturated heterocycles. The molecule has 1 fully saturated rings. The molecule has 0 amide bonds. The Morgan fingerprint density at radius 2 is 1.77 bits per heavy atom. The number of hydrogen-bond acceptors (Lipinski definition) is 6. The molecule has 0 radical (unpaired) electrons. The summed E-state index contributed by atoms with van der Waals surface area (Å²) in [7, 11) is -5.00. The number of ether oxygens (including phenoxy) is 1. The third-order valence-corrected chi connectivity index (χ3v) is 12.6. The van der Waals surface area contributed by atoms with E-state index in [-0.39, 0.29) is 11.1 Å². The van der Waals surface area contributed by atoms with E-state index < -0.39 is 21.1 Å². The largest absolute Gasteiger partial charge is 0.414 e. The summed E-state index contributed by atoms with van der Waals surface area (Å²) in [5, 5.41) is -0.371. The zero-order valence-electron chi connectivity index (χ0n) is 14.9. The minimum absolute atomic E-state index is 0.0571. The van der Waals surface area contributed by atoms with Gasteiger partial charge in [0.05, 0.1) is 25.9 Å². The molecular weight excluding hydrogens is 339 g/mol. The molecule has 0 aromatic rings. The summed E-state index contributed by atoms with van der Waals surface area (Å²) in [4.78, 5) is 0. The molecule has 132 valence electrons. The lowest BCUT2D eigenvalue weighted by atomic mass is 10.2. The highest BCUT2D eigenvalue weighted by atomic mass is 32.2. The lowest BCUT2D eigenvalue weighted by Gasteiger charge is -2.36. The SMILES string of the molecule is CCOP(=O)(OCC)C1OC(CO[Si](C)(C)C(C)(C)C)CS1. The van der Waals surface area contributed by atoms with E-state index >= 15 is 0 Å². The average Bonchev–Trinajstić information content (AvgIpc) is 2.85. The van der Waals surface area contributed by atoms with Crippen molar-refractivity contribution in [1.29, 1.82) is 0 Å². The summed E-state index contributed by atoms with van der Waals surface area (Å²) in [6, 6.07) is 0. The molecule has 0 aromatic heterocycles. The summed E-state index contributed by atoms with van der Waals surface area (Å²) in [5.74, 6) is 0.753. The predicted octanol–water partition coefficient (Wildman–Crippen LogP) is 4.69. The molecule has 0 aromatic carbocycles. The van der Waals surface area contributed by atoms with Gasteiger partial charge >= 0.3 is 7.60 Å². The molecule has 1 aliphatic rings. The van der Waals surface area contributed by atoms with E-state index in [4.69, 9.17) is 18.2 Å². The summed E-state index contributed by atoms with van der Waals surface area (Å²) in [5.41, 5.74) is 0. The van der Waals surface area contributed by atoms with E-state index in [2.05, 4.69) is 33.9 Å². The first kappa shape index (κ1) is 20.7. The van der Waals surface area contributed by atoms with Crippen molar-refractivity contribution in [3.63, 3.8) is 0 Å². The Balaban J connectivity index is 2.57. The van der Waals surface area contributed by atoms with Crippen LogP contribution in [0.1, 0.15) is 34.6 Å². The molecule has 0 saturated carbocycles. The van der Waals surface area contributed by atoms with E-state index in [0.717, 1.165) is 5.75 Å². The molecule has 1 heterocycles. The van der Waals surface area contributed by atoms with Gasteiger partial charge in [0.2, 0.25) is 5.18 Å². The van der Waals surface area contributed by atoms with Gasteiger partial charge in [-0.2, -0.15) is 0 Å². The van der Waals surface area contributed by atoms with Crippen molar-refractivity contribution in [2.75, 3.05) is 25.6 Å². The van der Waals surface area contributed by atoms with Crippen molar-refractivity contribution in [1.82, 2.24) is 0 Å². The molecular formula is C14H31O5PSSi. The minimum atomic E-state index is -3.20. The van der Waals surface area contributed by atoms with Gasteiger partial charge in [0.15, 0.2) is 8.32 Å². The van der Waals surface area contributed by atoms with E-state index in [1.165, 1.54) is 11.8 Å². The Morgan fingerprint density at radius 1 is 1.23 bits per heavy atom. The van der Waals surface area contributed by atoms with Crippen molar-refractivity contribution < 1.29 is 22.8 Å². The van der Waals surface area contributed by atoms with Crippen LogP contribution in [0.4, 0.5) is 0 Å². The molecule has 0 spiro atoms. The van der Waals surface area contributed by atoms with Crippen molar-refractivity contribution in [3.05, 3.63) is 0 Å². The van der Waals surface area contributed by atoms with Gasteiger partial charge in [0.25, 0.3) is 0 Å². The fourth-order valence-corrected chi connectivity index (χ4v) is 6.26. The van der Waals surface area contributed by atoms with Crippen molar-refractivity contribution in [2.45, 2.75) is 64.0 Å². The molecule has 1 aliphatic heterocycles. The van der Waals surface area contributed by atoms with Crippen molar-refractivity contribution in [3.8, 4) is 0 Å². The van der Waals surface area contributed by atoms with Crippen LogP contribution in [0.15, 0.2) is 0 Å². The predicted molar refractivity (Wildman–Crippen MR) is 95.1 cm³/mol. The Morgan fingerprint density at radius 3 is 2.23 bits per heavy atom. The number of hydrogen-bond donors (Lipinski definition) is 0. The van der Waals surface area contributed by atoms with Crippen LogP contribution in [0, 0.1) is 0 Å². The van der Waals surface area contributed by atoms with E-state index in [0.29, 0.717) is 19.8 Å². The lowest BCUT2D eigenvalue weighted by Crippen LogP contribution is -2.43. The third-order valence-electron chi connectivity index (χ3n) is 4.05. The molecule has 0 aliphatic carbocycles. The van der Waals surface area contributed by atoms with Crippen molar-refractivity contribution in [2.24, 2.45) is 0 Å². The Bertz CT molecular complexity index is 389. The van der Waals surface area contributed by atoms with Gasteiger partial charge in [-0.15, -0.1) is 11.8 Å². The highest BCUT2D eigenvalue weighted by Gasteiger charge is 2.44. The van der Waals surface area contributed by atoms with Gasteiger partial charge in [0.1, 0.15) is 0 Å². The first-order valence-electron chi connectivity index (χ1n) is 7.85. The maximum Gasteiger partial charge on any atom is 0.369 e. The molecule has 0 bridgehead atoms. The van der Waals surface area contributed by atoms with Crippen LogP contribution < -0.4 is 0 Å². The van der Waals surface area contributed by atoms with Gasteiger partial charge in [-0.05, 0) is 32.0 Å². The van der Waals surface area contributed by atoms with E-state index in [9.17, 15) is 4.57 Å². The van der Waals surface area contributed by atoms with Crippen LogP contribution in [-0.2, 0) is 22.8 Å². The van der Waals surface area contributed by atoms with Crippen molar-refractivity contribution >= 4 is 27.7 Å². The van der Waals surface area contributed by atoms with Gasteiger partial charge < -0.3 is 18.2 Å². The molecule has 0 N–H and O–H groups in total. The fraction of sp³-hybridized carbons (Fsp3) is 1.00. The van der Waals surface area contributed by atoms with Gasteiger partial charge in [-0.25, -0.2) is 0 Å². The van der Waals surface area contributed by atoms with E-state index in [1.807, 2.05) is 13.8 Å². The number of rotatable bonds is 8. The zero-order chi connectivity index (χ0) is 17.0. The van der Waals surface area contributed by atoms with Crippen LogP contribution in [-0.4, -0.2) is 45.2 Å². The maximum absolute atomic E-state index is 12.7. The molecule has 1 rings (SSSR count). The topological polar surface area (TPSA) is 54.0 Å². The molecule has 22 heavy (non-hydrogen) atoms. The standard InChI is InChI=1S/C14H31O5PSSi/c1-8-16-20(15,17-9-2)13-19-12(11-21-13)10-18-22(6,7)14(3,4)5/h12-13H,8-11H2,1-7H3. The highest BCUT2D eigenvalue weighted by Crippen LogP contribution is 2.59. The van der Waals surface area contributed by atoms with Crippen LogP contribution in [0.3, 0.4) is 0 Å². The van der Waals surface area contributed by atoms with Gasteiger partial charge in [-0.3, -0.25) is 4.57 Å². The Kier molecular flexibility index (Phi) is 7.66. The zero-order valence-corrected chi connectivity index (χ0v) is 17.6. The third kappa shape index (κ3) is 5.33. The van der Waals surface area contributed by atoms with E-state index in [1.54, 1.807) is 0 Å². The quantitative estimate of drug-likeness (QED) is 0.456. The van der Waals surface area contributed by atoms with Crippen LogP contribution in [0.5, 0.6) is 0 Å².